The number of hydrazine groups is 1. The molecule has 6 nitrogen and oxygen atoms in total. The first-order valence-corrected chi connectivity index (χ1v) is 11.3. The van der Waals surface area contributed by atoms with Crippen LogP contribution < -0.4 is 20.5 Å². The number of carbonyl (C=O) groups excluding carboxylic acids is 2. The van der Waals surface area contributed by atoms with Crippen molar-refractivity contribution < 1.29 is 14.3 Å². The quantitative estimate of drug-likeness (QED) is 0.404. The first-order valence-electron chi connectivity index (χ1n) is 10.2. The van der Waals surface area contributed by atoms with Crippen LogP contribution in [-0.2, 0) is 16.2 Å². The van der Waals surface area contributed by atoms with Gasteiger partial charge in [0.05, 0.1) is 21.7 Å². The molecule has 0 saturated carbocycles. The average Bonchev–Trinajstić information content (AvgIpc) is 3.21. The van der Waals surface area contributed by atoms with Crippen LogP contribution in [0, 0.1) is 5.92 Å². The number of carbonyl (C=O) groups is 2. The van der Waals surface area contributed by atoms with Crippen molar-refractivity contribution in [3.8, 4) is 5.75 Å². The number of halogens is 3. The largest absolute Gasteiger partial charge is 0.489 e. The zero-order valence-corrected chi connectivity index (χ0v) is 19.6. The molecular weight excluding hydrogens is 485 g/mol. The standard InChI is InChI=1S/C24H20Cl3N3O3/c25-17-5-7-19(8-6-17)30-13-16(11-23(30)31)24(32)29-28-18-2-1-3-20(12-18)33-14-15-4-9-21(26)22(27)10-15/h1-10,12,16,28H,11,13-14H2,(H,29,32)/t16-/m0/s1. The highest BCUT2D eigenvalue weighted by molar-refractivity contribution is 6.42. The minimum atomic E-state index is -0.463. The van der Waals surface area contributed by atoms with Crippen molar-refractivity contribution in [3.63, 3.8) is 0 Å². The van der Waals surface area contributed by atoms with Crippen molar-refractivity contribution >= 4 is 58.0 Å². The highest BCUT2D eigenvalue weighted by Crippen LogP contribution is 2.27. The van der Waals surface area contributed by atoms with Crippen LogP contribution >= 0.6 is 34.8 Å². The fraction of sp³-hybridized carbons (Fsp3) is 0.167. The van der Waals surface area contributed by atoms with E-state index >= 15 is 0 Å². The predicted octanol–water partition coefficient (Wildman–Crippen LogP) is 5.72. The zero-order valence-electron chi connectivity index (χ0n) is 17.4. The summed E-state index contributed by atoms with van der Waals surface area (Å²) in [4.78, 5) is 26.6. The number of benzene rings is 3. The molecule has 2 amide bonds. The predicted molar refractivity (Wildman–Crippen MR) is 131 cm³/mol. The van der Waals surface area contributed by atoms with Crippen molar-refractivity contribution in [2.24, 2.45) is 5.92 Å². The second kappa shape index (κ2) is 10.3. The van der Waals surface area contributed by atoms with Gasteiger partial charge in [0, 0.05) is 29.7 Å². The van der Waals surface area contributed by atoms with Gasteiger partial charge in [-0.05, 0) is 54.1 Å². The Morgan fingerprint density at radius 1 is 1.00 bits per heavy atom. The Morgan fingerprint density at radius 2 is 1.79 bits per heavy atom. The molecule has 33 heavy (non-hydrogen) atoms. The minimum absolute atomic E-state index is 0.102. The summed E-state index contributed by atoms with van der Waals surface area (Å²) in [5.74, 6) is -0.211. The summed E-state index contributed by atoms with van der Waals surface area (Å²) < 4.78 is 5.80. The maximum absolute atomic E-state index is 12.6. The molecule has 1 saturated heterocycles. The number of amides is 2. The lowest BCUT2D eigenvalue weighted by Crippen LogP contribution is -2.36. The molecule has 1 atom stereocenters. The Hall–Kier alpha value is -2.93. The third-order valence-corrected chi connectivity index (χ3v) is 6.18. The minimum Gasteiger partial charge on any atom is -0.489 e. The summed E-state index contributed by atoms with van der Waals surface area (Å²) in [6, 6.07) is 19.5. The average molecular weight is 505 g/mol. The van der Waals surface area contributed by atoms with Crippen LogP contribution in [0.15, 0.2) is 66.7 Å². The lowest BCUT2D eigenvalue weighted by molar-refractivity contribution is -0.125. The van der Waals surface area contributed by atoms with Gasteiger partial charge in [0.15, 0.2) is 0 Å². The van der Waals surface area contributed by atoms with Gasteiger partial charge in [0.2, 0.25) is 11.8 Å². The van der Waals surface area contributed by atoms with E-state index in [2.05, 4.69) is 10.9 Å². The molecule has 170 valence electrons. The van der Waals surface area contributed by atoms with Crippen molar-refractivity contribution in [2.45, 2.75) is 13.0 Å². The SMILES string of the molecule is O=C(NNc1cccc(OCc2ccc(Cl)c(Cl)c2)c1)[C@H]1CC(=O)N(c2ccc(Cl)cc2)C1. The number of nitrogens with zero attached hydrogens (tertiary/aromatic N) is 1. The topological polar surface area (TPSA) is 70.7 Å². The smallest absolute Gasteiger partial charge is 0.243 e. The van der Waals surface area contributed by atoms with E-state index < -0.39 is 5.92 Å². The van der Waals surface area contributed by atoms with E-state index in [-0.39, 0.29) is 18.2 Å². The van der Waals surface area contributed by atoms with E-state index in [4.69, 9.17) is 39.5 Å². The molecule has 2 N–H and O–H groups in total. The summed E-state index contributed by atoms with van der Waals surface area (Å²) in [6.45, 7) is 0.623. The zero-order chi connectivity index (χ0) is 23.4. The Balaban J connectivity index is 1.30. The van der Waals surface area contributed by atoms with E-state index in [9.17, 15) is 9.59 Å². The van der Waals surface area contributed by atoms with Crippen LogP contribution in [0.1, 0.15) is 12.0 Å². The lowest BCUT2D eigenvalue weighted by Gasteiger charge is -2.17. The Bertz CT molecular complexity index is 1170. The van der Waals surface area contributed by atoms with Gasteiger partial charge in [-0.1, -0.05) is 46.9 Å². The van der Waals surface area contributed by atoms with Crippen molar-refractivity contribution in [2.75, 3.05) is 16.9 Å². The van der Waals surface area contributed by atoms with Crippen LogP contribution in [-0.4, -0.2) is 18.4 Å². The van der Waals surface area contributed by atoms with Crippen molar-refractivity contribution in [1.29, 1.82) is 0 Å². The normalized spacial score (nSPS) is 15.4. The van der Waals surface area contributed by atoms with Crippen LogP contribution in [0.3, 0.4) is 0 Å². The maximum Gasteiger partial charge on any atom is 0.243 e. The second-order valence-electron chi connectivity index (χ2n) is 7.56. The highest BCUT2D eigenvalue weighted by Gasteiger charge is 2.35. The van der Waals surface area contributed by atoms with Gasteiger partial charge in [-0.25, -0.2) is 0 Å². The fourth-order valence-electron chi connectivity index (χ4n) is 3.45. The first kappa shape index (κ1) is 23.2. The molecule has 9 heteroatoms. The molecule has 3 aromatic carbocycles. The molecule has 4 rings (SSSR count). The summed E-state index contributed by atoms with van der Waals surface area (Å²) in [5.41, 5.74) is 7.82. The molecule has 0 aliphatic carbocycles. The van der Waals surface area contributed by atoms with Gasteiger partial charge in [-0.2, -0.15) is 0 Å². The highest BCUT2D eigenvalue weighted by atomic mass is 35.5. The first-order chi connectivity index (χ1) is 15.9. The third kappa shape index (κ3) is 5.90. The van der Waals surface area contributed by atoms with Gasteiger partial charge in [0.1, 0.15) is 12.4 Å². The number of nitrogens with one attached hydrogen (secondary N) is 2. The van der Waals surface area contributed by atoms with Gasteiger partial charge >= 0.3 is 0 Å². The molecule has 0 unspecified atom stereocenters. The molecule has 1 fully saturated rings. The van der Waals surface area contributed by atoms with Crippen molar-refractivity contribution in [1.82, 2.24) is 5.43 Å². The monoisotopic (exact) mass is 503 g/mol. The van der Waals surface area contributed by atoms with E-state index in [1.54, 1.807) is 59.5 Å². The molecule has 1 aliphatic rings. The summed E-state index contributed by atoms with van der Waals surface area (Å²) in [7, 11) is 0. The van der Waals surface area contributed by atoms with E-state index in [0.29, 0.717) is 39.7 Å². The molecular formula is C24H20Cl3N3O3. The lowest BCUT2D eigenvalue weighted by atomic mass is 10.1. The maximum atomic E-state index is 12.6. The molecule has 1 heterocycles. The summed E-state index contributed by atoms with van der Waals surface area (Å²) >= 11 is 17.9. The Morgan fingerprint density at radius 3 is 2.55 bits per heavy atom. The summed E-state index contributed by atoms with van der Waals surface area (Å²) in [6.07, 6.45) is 0.142. The van der Waals surface area contributed by atoms with Crippen LogP contribution in [0.5, 0.6) is 5.75 Å². The number of rotatable bonds is 7. The molecule has 0 bridgehead atoms. The molecule has 0 spiro atoms. The van der Waals surface area contributed by atoms with Gasteiger partial charge in [0.25, 0.3) is 0 Å². The van der Waals surface area contributed by atoms with E-state index in [1.807, 2.05) is 12.1 Å². The second-order valence-corrected chi connectivity index (χ2v) is 8.81. The van der Waals surface area contributed by atoms with Gasteiger partial charge in [-0.3, -0.25) is 20.4 Å². The number of anilines is 2. The van der Waals surface area contributed by atoms with Gasteiger partial charge in [-0.15, -0.1) is 0 Å². The number of ether oxygens (including phenoxy) is 1. The van der Waals surface area contributed by atoms with Crippen molar-refractivity contribution in [3.05, 3.63) is 87.4 Å². The Kier molecular flexibility index (Phi) is 7.28. The molecule has 0 aromatic heterocycles. The van der Waals surface area contributed by atoms with Crippen LogP contribution in [0.2, 0.25) is 15.1 Å². The van der Waals surface area contributed by atoms with Crippen LogP contribution in [0.25, 0.3) is 0 Å². The van der Waals surface area contributed by atoms with Crippen LogP contribution in [0.4, 0.5) is 11.4 Å². The Labute approximate surface area is 206 Å². The number of hydrogen-bond acceptors (Lipinski definition) is 4. The summed E-state index contributed by atoms with van der Waals surface area (Å²) in [5, 5.41) is 1.55. The molecule has 3 aromatic rings. The third-order valence-electron chi connectivity index (χ3n) is 5.19. The van der Waals surface area contributed by atoms with E-state index in [0.717, 1.165) is 11.3 Å². The van der Waals surface area contributed by atoms with E-state index in [1.165, 1.54) is 0 Å². The van der Waals surface area contributed by atoms with Gasteiger partial charge < -0.3 is 9.64 Å². The number of hydrogen-bond donors (Lipinski definition) is 2. The molecule has 1 aliphatic heterocycles. The molecule has 0 radical (unpaired) electrons. The fourth-order valence-corrected chi connectivity index (χ4v) is 3.90.